The molecule has 0 atom stereocenters. The van der Waals surface area contributed by atoms with E-state index in [0.29, 0.717) is 5.56 Å². The molecule has 5 heteroatoms. The predicted octanol–water partition coefficient (Wildman–Crippen LogP) is 2.69. The quantitative estimate of drug-likeness (QED) is 0.890. The summed E-state index contributed by atoms with van der Waals surface area (Å²) in [4.78, 5) is 10.9. The van der Waals surface area contributed by atoms with Gasteiger partial charge in [-0.2, -0.15) is 0 Å². The molecule has 1 aromatic carbocycles. The van der Waals surface area contributed by atoms with E-state index in [4.69, 9.17) is 5.11 Å². The van der Waals surface area contributed by atoms with E-state index >= 15 is 0 Å². The number of halogens is 1. The maximum atomic E-state index is 13.6. The maximum Gasteiger partial charge on any atom is 0.335 e. The highest BCUT2D eigenvalue weighted by Gasteiger charge is 2.09. The molecule has 0 aliphatic carbocycles. The summed E-state index contributed by atoms with van der Waals surface area (Å²) in [6.45, 7) is 4.09. The normalized spacial score (nSPS) is 10.5. The van der Waals surface area contributed by atoms with Crippen LogP contribution in [0.25, 0.3) is 0 Å². The Morgan fingerprint density at radius 1 is 1.26 bits per heavy atom. The van der Waals surface area contributed by atoms with Crippen LogP contribution in [0, 0.1) is 19.7 Å². The van der Waals surface area contributed by atoms with Crippen LogP contribution in [-0.4, -0.2) is 15.8 Å². The van der Waals surface area contributed by atoms with E-state index in [9.17, 15) is 9.18 Å². The van der Waals surface area contributed by atoms with Crippen molar-refractivity contribution >= 4 is 5.97 Å². The summed E-state index contributed by atoms with van der Waals surface area (Å²) in [6, 6.07) is 7.68. The molecule has 2 N–H and O–H groups in total. The Kier molecular flexibility index (Phi) is 3.55. The van der Waals surface area contributed by atoms with Crippen molar-refractivity contribution in [3.05, 3.63) is 58.7 Å². The number of carbonyl (C=O) groups is 1. The SMILES string of the molecule is Cc1ccc(C)n1NCc1cc(C(=O)O)ccc1F. The van der Waals surface area contributed by atoms with Gasteiger partial charge in [-0.25, -0.2) is 9.18 Å². The molecule has 2 rings (SSSR count). The van der Waals surface area contributed by atoms with E-state index in [0.717, 1.165) is 11.4 Å². The van der Waals surface area contributed by atoms with Gasteiger partial charge in [0.1, 0.15) is 5.82 Å². The number of rotatable bonds is 4. The molecule has 0 saturated carbocycles. The highest BCUT2D eigenvalue weighted by molar-refractivity contribution is 5.87. The molecule has 2 aromatic rings. The molecule has 0 aliphatic heterocycles. The first-order valence-electron chi connectivity index (χ1n) is 5.89. The molecule has 0 spiro atoms. The molecule has 0 aliphatic rings. The molecule has 19 heavy (non-hydrogen) atoms. The van der Waals surface area contributed by atoms with Crippen LogP contribution in [0.3, 0.4) is 0 Å². The zero-order valence-corrected chi connectivity index (χ0v) is 10.8. The van der Waals surface area contributed by atoms with Crippen LogP contribution in [0.15, 0.2) is 30.3 Å². The molecule has 0 fully saturated rings. The van der Waals surface area contributed by atoms with E-state index in [1.54, 1.807) is 0 Å². The summed E-state index contributed by atoms with van der Waals surface area (Å²) in [5.74, 6) is -1.48. The number of nitrogens with zero attached hydrogens (tertiary/aromatic N) is 1. The third kappa shape index (κ3) is 2.76. The largest absolute Gasteiger partial charge is 0.478 e. The third-order valence-electron chi connectivity index (χ3n) is 2.99. The fourth-order valence-corrected chi connectivity index (χ4v) is 1.93. The van der Waals surface area contributed by atoms with Gasteiger partial charge in [0.2, 0.25) is 0 Å². The Morgan fingerprint density at radius 3 is 2.47 bits per heavy atom. The minimum absolute atomic E-state index is 0.0825. The Labute approximate surface area is 110 Å². The summed E-state index contributed by atoms with van der Waals surface area (Å²) in [5.41, 5.74) is 5.49. The number of carboxylic acids is 1. The van der Waals surface area contributed by atoms with Gasteiger partial charge in [0.25, 0.3) is 0 Å². The first-order valence-corrected chi connectivity index (χ1v) is 5.89. The fourth-order valence-electron chi connectivity index (χ4n) is 1.93. The Bertz CT molecular complexity index is 600. The van der Waals surface area contributed by atoms with Crippen molar-refractivity contribution in [1.29, 1.82) is 0 Å². The molecule has 1 heterocycles. The number of aromatic nitrogens is 1. The van der Waals surface area contributed by atoms with Crippen molar-refractivity contribution in [3.8, 4) is 0 Å². The van der Waals surface area contributed by atoms with Crippen molar-refractivity contribution in [3.63, 3.8) is 0 Å². The number of hydrogen-bond donors (Lipinski definition) is 2. The molecule has 1 aromatic heterocycles. The lowest BCUT2D eigenvalue weighted by atomic mass is 10.1. The second-order valence-electron chi connectivity index (χ2n) is 4.40. The van der Waals surface area contributed by atoms with Crippen LogP contribution in [0.5, 0.6) is 0 Å². The zero-order chi connectivity index (χ0) is 14.0. The van der Waals surface area contributed by atoms with E-state index in [1.807, 2.05) is 30.7 Å². The minimum atomic E-state index is -1.06. The number of aromatic carboxylic acids is 1. The second kappa shape index (κ2) is 5.14. The van der Waals surface area contributed by atoms with Crippen molar-refractivity contribution in [2.75, 3.05) is 5.43 Å². The van der Waals surface area contributed by atoms with Gasteiger partial charge in [-0.1, -0.05) is 0 Å². The molecular formula is C14H15FN2O2. The number of benzene rings is 1. The summed E-state index contributed by atoms with van der Waals surface area (Å²) in [5, 5.41) is 8.89. The molecule has 4 nitrogen and oxygen atoms in total. The Balaban J connectivity index is 2.20. The first kappa shape index (κ1) is 13.1. The molecule has 0 bridgehead atoms. The van der Waals surface area contributed by atoms with Gasteiger partial charge < -0.3 is 10.5 Å². The second-order valence-corrected chi connectivity index (χ2v) is 4.40. The molecule has 100 valence electrons. The summed E-state index contributed by atoms with van der Waals surface area (Å²) in [6.07, 6.45) is 0. The Hall–Kier alpha value is -2.30. The minimum Gasteiger partial charge on any atom is -0.478 e. The summed E-state index contributed by atoms with van der Waals surface area (Å²) < 4.78 is 15.5. The average molecular weight is 262 g/mol. The van der Waals surface area contributed by atoms with Gasteiger partial charge in [-0.3, -0.25) is 4.68 Å². The lowest BCUT2D eigenvalue weighted by Crippen LogP contribution is -2.17. The Morgan fingerprint density at radius 2 is 1.89 bits per heavy atom. The monoisotopic (exact) mass is 262 g/mol. The lowest BCUT2D eigenvalue weighted by Gasteiger charge is -2.13. The molecule has 0 radical (unpaired) electrons. The number of hydrogen-bond acceptors (Lipinski definition) is 2. The maximum absolute atomic E-state index is 13.6. The van der Waals surface area contributed by atoms with Crippen molar-refractivity contribution in [2.24, 2.45) is 0 Å². The van der Waals surface area contributed by atoms with Gasteiger partial charge in [0, 0.05) is 17.0 Å². The zero-order valence-electron chi connectivity index (χ0n) is 10.8. The molecule has 0 amide bonds. The van der Waals surface area contributed by atoms with Gasteiger partial charge in [-0.15, -0.1) is 0 Å². The van der Waals surface area contributed by atoms with E-state index in [-0.39, 0.29) is 12.1 Å². The summed E-state index contributed by atoms with van der Waals surface area (Å²) >= 11 is 0. The van der Waals surface area contributed by atoms with E-state index < -0.39 is 11.8 Å². The number of nitrogens with one attached hydrogen (secondary N) is 1. The third-order valence-corrected chi connectivity index (χ3v) is 2.99. The van der Waals surface area contributed by atoms with Crippen LogP contribution >= 0.6 is 0 Å². The topological polar surface area (TPSA) is 54.3 Å². The molecule has 0 saturated heterocycles. The number of aryl methyl sites for hydroxylation is 2. The van der Waals surface area contributed by atoms with Crippen LogP contribution in [0.2, 0.25) is 0 Å². The van der Waals surface area contributed by atoms with Crippen molar-refractivity contribution < 1.29 is 14.3 Å². The van der Waals surface area contributed by atoms with Gasteiger partial charge in [0.05, 0.1) is 12.1 Å². The van der Waals surface area contributed by atoms with Crippen LogP contribution < -0.4 is 5.43 Å². The van der Waals surface area contributed by atoms with E-state index in [2.05, 4.69) is 5.43 Å². The first-order chi connectivity index (χ1) is 8.99. The van der Waals surface area contributed by atoms with Gasteiger partial charge in [0.15, 0.2) is 0 Å². The van der Waals surface area contributed by atoms with Crippen molar-refractivity contribution in [2.45, 2.75) is 20.4 Å². The summed E-state index contributed by atoms with van der Waals surface area (Å²) in [7, 11) is 0. The smallest absolute Gasteiger partial charge is 0.335 e. The van der Waals surface area contributed by atoms with Gasteiger partial charge >= 0.3 is 5.97 Å². The molecule has 0 unspecified atom stereocenters. The molecular weight excluding hydrogens is 247 g/mol. The predicted molar refractivity (Wildman–Crippen MR) is 70.3 cm³/mol. The highest BCUT2D eigenvalue weighted by Crippen LogP contribution is 2.12. The lowest BCUT2D eigenvalue weighted by molar-refractivity contribution is 0.0696. The van der Waals surface area contributed by atoms with Crippen LogP contribution in [0.4, 0.5) is 4.39 Å². The fraction of sp³-hybridized carbons (Fsp3) is 0.214. The number of carboxylic acid groups (broad SMARTS) is 1. The average Bonchev–Trinajstić information content (AvgIpc) is 2.68. The highest BCUT2D eigenvalue weighted by atomic mass is 19.1. The van der Waals surface area contributed by atoms with Crippen LogP contribution in [-0.2, 0) is 6.54 Å². The van der Waals surface area contributed by atoms with Crippen LogP contribution in [0.1, 0.15) is 27.3 Å². The van der Waals surface area contributed by atoms with E-state index in [1.165, 1.54) is 18.2 Å². The van der Waals surface area contributed by atoms with Gasteiger partial charge in [-0.05, 0) is 44.2 Å². The standard InChI is InChI=1S/C14H15FN2O2/c1-9-3-4-10(2)17(9)16-8-12-7-11(14(18)19)5-6-13(12)15/h3-7,16H,8H2,1-2H3,(H,18,19). The van der Waals surface area contributed by atoms with Crippen molar-refractivity contribution in [1.82, 2.24) is 4.68 Å².